The number of unbranched alkanes of at least 4 members (excludes halogenated alkanes) is 1. The van der Waals surface area contributed by atoms with E-state index in [1.54, 1.807) is 24.3 Å². The summed E-state index contributed by atoms with van der Waals surface area (Å²) >= 11 is 0. The van der Waals surface area contributed by atoms with Crippen LogP contribution < -0.4 is 15.4 Å². The number of halogens is 2. The van der Waals surface area contributed by atoms with Gasteiger partial charge in [0.2, 0.25) is 11.8 Å². The second-order valence-corrected chi connectivity index (χ2v) is 7.99. The summed E-state index contributed by atoms with van der Waals surface area (Å²) in [6.07, 6.45) is 2.22. The van der Waals surface area contributed by atoms with E-state index in [-0.39, 0.29) is 11.5 Å². The molecule has 1 aliphatic rings. The number of hydrogen-bond donors (Lipinski definition) is 2. The normalized spacial score (nSPS) is 16.6. The number of pyridine rings is 1. The van der Waals surface area contributed by atoms with Gasteiger partial charge in [0.05, 0.1) is 36.8 Å². The number of hydrogen-bond acceptors (Lipinski definition) is 6. The molecule has 1 aliphatic heterocycles. The maximum atomic E-state index is 13.6. The average Bonchev–Trinajstić information content (AvgIpc) is 3.13. The van der Waals surface area contributed by atoms with E-state index < -0.39 is 43.3 Å². The van der Waals surface area contributed by atoms with Crippen LogP contribution in [0.15, 0.2) is 30.5 Å². The summed E-state index contributed by atoms with van der Waals surface area (Å²) in [6.45, 7) is 1.08. The first kappa shape index (κ1) is 24.8. The lowest BCUT2D eigenvalue weighted by atomic mass is 10.1. The number of nitriles is 1. The molecule has 1 fully saturated rings. The van der Waals surface area contributed by atoms with Gasteiger partial charge in [-0.1, -0.05) is 0 Å². The van der Waals surface area contributed by atoms with Crippen LogP contribution in [0.3, 0.4) is 0 Å². The lowest BCUT2D eigenvalue weighted by Gasteiger charge is -2.19. The second-order valence-electron chi connectivity index (χ2n) is 7.99. The molecular weight excluding hydrogens is 448 g/mol. The predicted octanol–water partition coefficient (Wildman–Crippen LogP) is 2.02. The number of ether oxygens (including phenoxy) is 1. The van der Waals surface area contributed by atoms with Crippen LogP contribution in [0.2, 0.25) is 0 Å². The van der Waals surface area contributed by atoms with E-state index in [2.05, 4.69) is 15.6 Å². The van der Waals surface area contributed by atoms with Gasteiger partial charge in [0.25, 0.3) is 11.8 Å². The Labute approximate surface area is 195 Å². The summed E-state index contributed by atoms with van der Waals surface area (Å²) in [5.74, 6) is -4.01. The molecule has 11 heteroatoms. The minimum atomic E-state index is -3.12. The number of fused-ring (bicyclic) bond motifs is 1. The molecule has 0 aliphatic carbocycles. The maximum absolute atomic E-state index is 13.6. The molecule has 1 aromatic heterocycles. The van der Waals surface area contributed by atoms with Crippen molar-refractivity contribution >= 4 is 28.6 Å². The fraction of sp³-hybridized carbons (Fsp3) is 0.435. The highest BCUT2D eigenvalue weighted by molar-refractivity contribution is 6.07. The van der Waals surface area contributed by atoms with Gasteiger partial charge in [-0.05, 0) is 37.1 Å². The molecule has 34 heavy (non-hydrogen) atoms. The van der Waals surface area contributed by atoms with Crippen molar-refractivity contribution in [3.63, 3.8) is 0 Å². The van der Waals surface area contributed by atoms with Gasteiger partial charge in [0.15, 0.2) is 0 Å². The van der Waals surface area contributed by atoms with Crippen LogP contribution in [-0.4, -0.2) is 65.8 Å². The highest BCUT2D eigenvalue weighted by Gasteiger charge is 2.47. The van der Waals surface area contributed by atoms with Crippen molar-refractivity contribution in [3.8, 4) is 11.8 Å². The molecular formula is C23H25F2N5O4. The first-order chi connectivity index (χ1) is 16.2. The molecule has 1 atom stereocenters. The molecule has 0 unspecified atom stereocenters. The molecule has 0 bridgehead atoms. The van der Waals surface area contributed by atoms with Gasteiger partial charge >= 0.3 is 0 Å². The fourth-order valence-electron chi connectivity index (χ4n) is 3.64. The third kappa shape index (κ3) is 6.37. The largest absolute Gasteiger partial charge is 0.494 e. The lowest BCUT2D eigenvalue weighted by Crippen LogP contribution is -2.43. The van der Waals surface area contributed by atoms with Crippen molar-refractivity contribution in [1.82, 2.24) is 20.5 Å². The van der Waals surface area contributed by atoms with E-state index in [0.29, 0.717) is 29.8 Å². The second kappa shape index (κ2) is 10.9. The molecule has 2 heterocycles. The summed E-state index contributed by atoms with van der Waals surface area (Å²) in [4.78, 5) is 41.0. The minimum Gasteiger partial charge on any atom is -0.494 e. The van der Waals surface area contributed by atoms with Crippen LogP contribution in [-0.2, 0) is 9.59 Å². The quantitative estimate of drug-likeness (QED) is 0.537. The summed E-state index contributed by atoms with van der Waals surface area (Å²) in [6, 6.07) is 7.06. The number of rotatable bonds is 9. The number of alkyl halides is 2. The van der Waals surface area contributed by atoms with Crippen LogP contribution in [0, 0.1) is 11.3 Å². The van der Waals surface area contributed by atoms with Gasteiger partial charge in [-0.15, -0.1) is 0 Å². The van der Waals surface area contributed by atoms with Crippen LogP contribution in [0.5, 0.6) is 5.75 Å². The van der Waals surface area contributed by atoms with E-state index in [1.165, 1.54) is 19.2 Å². The summed E-state index contributed by atoms with van der Waals surface area (Å²) < 4.78 is 32.9. The standard InChI is InChI=1S/C23H25F2N5O4/c1-15(31)27-7-2-3-9-34-17-4-5-20-19(10-17)18(6-8-28-20)22(33)29-13-21(32)30-14-23(24,25)11-16(30)12-26/h4-6,8,10,16H,2-3,7,9,11,13-14H2,1H3,(H,27,31)(H,29,33)/t16-/m0/s1. The Bertz CT molecular complexity index is 1120. The molecule has 2 N–H and O–H groups in total. The van der Waals surface area contributed by atoms with E-state index in [1.807, 2.05) is 0 Å². The molecule has 0 spiro atoms. The Morgan fingerprint density at radius 3 is 2.79 bits per heavy atom. The van der Waals surface area contributed by atoms with Gasteiger partial charge in [0.1, 0.15) is 11.8 Å². The van der Waals surface area contributed by atoms with E-state index in [0.717, 1.165) is 17.7 Å². The van der Waals surface area contributed by atoms with Crippen molar-refractivity contribution in [2.75, 3.05) is 26.2 Å². The lowest BCUT2D eigenvalue weighted by molar-refractivity contribution is -0.131. The molecule has 0 radical (unpaired) electrons. The maximum Gasteiger partial charge on any atom is 0.268 e. The first-order valence-electron chi connectivity index (χ1n) is 10.8. The van der Waals surface area contributed by atoms with Gasteiger partial charge < -0.3 is 20.3 Å². The fourth-order valence-corrected chi connectivity index (χ4v) is 3.64. The number of carbonyl (C=O) groups excluding carboxylic acids is 3. The van der Waals surface area contributed by atoms with Crippen LogP contribution in [0.1, 0.15) is 36.5 Å². The SMILES string of the molecule is CC(=O)NCCCCOc1ccc2nccc(C(=O)NCC(=O)N3CC(F)(F)C[C@H]3C#N)c2c1. The number of benzene rings is 1. The Hall–Kier alpha value is -3.81. The number of nitrogens with one attached hydrogen (secondary N) is 2. The molecule has 2 aromatic rings. The Balaban J connectivity index is 1.61. The van der Waals surface area contributed by atoms with Gasteiger partial charge in [0, 0.05) is 31.5 Å². The summed E-state index contributed by atoms with van der Waals surface area (Å²) in [5, 5.41) is 14.7. The number of nitrogens with zero attached hydrogens (tertiary/aromatic N) is 3. The number of carbonyl (C=O) groups is 3. The zero-order valence-corrected chi connectivity index (χ0v) is 18.6. The summed E-state index contributed by atoms with van der Waals surface area (Å²) in [5.41, 5.74) is 0.790. The van der Waals surface area contributed by atoms with Gasteiger partial charge in [-0.3, -0.25) is 19.4 Å². The van der Waals surface area contributed by atoms with Crippen molar-refractivity contribution < 1.29 is 27.9 Å². The van der Waals surface area contributed by atoms with Crippen molar-refractivity contribution in [1.29, 1.82) is 5.26 Å². The predicted molar refractivity (Wildman–Crippen MR) is 118 cm³/mol. The smallest absolute Gasteiger partial charge is 0.268 e. The Morgan fingerprint density at radius 2 is 2.06 bits per heavy atom. The minimum absolute atomic E-state index is 0.0845. The van der Waals surface area contributed by atoms with Crippen molar-refractivity contribution in [3.05, 3.63) is 36.0 Å². The first-order valence-corrected chi connectivity index (χ1v) is 10.8. The number of aromatic nitrogens is 1. The van der Waals surface area contributed by atoms with Gasteiger partial charge in [-0.25, -0.2) is 8.78 Å². The Kier molecular flexibility index (Phi) is 7.94. The van der Waals surface area contributed by atoms with Gasteiger partial charge in [-0.2, -0.15) is 5.26 Å². The number of amides is 3. The topological polar surface area (TPSA) is 124 Å². The van der Waals surface area contributed by atoms with E-state index in [9.17, 15) is 23.2 Å². The van der Waals surface area contributed by atoms with E-state index >= 15 is 0 Å². The Morgan fingerprint density at radius 1 is 1.26 bits per heavy atom. The zero-order chi connectivity index (χ0) is 24.7. The van der Waals surface area contributed by atoms with E-state index in [4.69, 9.17) is 10.00 Å². The molecule has 3 amide bonds. The molecule has 1 saturated heterocycles. The third-order valence-electron chi connectivity index (χ3n) is 5.31. The third-order valence-corrected chi connectivity index (χ3v) is 5.31. The molecule has 9 nitrogen and oxygen atoms in total. The van der Waals surface area contributed by atoms with Crippen molar-refractivity contribution in [2.45, 2.75) is 38.2 Å². The monoisotopic (exact) mass is 473 g/mol. The number of likely N-dealkylation sites (tertiary alicyclic amines) is 1. The van der Waals surface area contributed by atoms with Crippen molar-refractivity contribution in [2.24, 2.45) is 0 Å². The summed E-state index contributed by atoms with van der Waals surface area (Å²) in [7, 11) is 0. The molecule has 0 saturated carbocycles. The molecule has 3 rings (SSSR count). The average molecular weight is 473 g/mol. The van der Waals surface area contributed by atoms with Crippen LogP contribution >= 0.6 is 0 Å². The zero-order valence-electron chi connectivity index (χ0n) is 18.6. The highest BCUT2D eigenvalue weighted by atomic mass is 19.3. The molecule has 180 valence electrons. The van der Waals surface area contributed by atoms with Crippen LogP contribution in [0.25, 0.3) is 10.9 Å². The van der Waals surface area contributed by atoms with Crippen LogP contribution in [0.4, 0.5) is 8.78 Å². The highest BCUT2D eigenvalue weighted by Crippen LogP contribution is 2.31. The molecule has 1 aromatic carbocycles.